The SMILES string of the molecule is [c]1ccccc1Sc1cccnc1. The van der Waals surface area contributed by atoms with E-state index in [4.69, 9.17) is 0 Å². The number of rotatable bonds is 2. The van der Waals surface area contributed by atoms with Crippen molar-refractivity contribution in [1.29, 1.82) is 0 Å². The molecule has 0 amide bonds. The van der Waals surface area contributed by atoms with Crippen molar-refractivity contribution >= 4 is 11.8 Å². The summed E-state index contributed by atoms with van der Waals surface area (Å²) in [6.07, 6.45) is 3.63. The Balaban J connectivity index is 2.16. The third-order valence-electron chi connectivity index (χ3n) is 1.54. The molecule has 0 atom stereocenters. The molecular formula is C11H8NS. The first-order valence-corrected chi connectivity index (χ1v) is 4.81. The largest absolute Gasteiger partial charge is 0.264 e. The molecule has 0 bridgehead atoms. The third kappa shape index (κ3) is 2.33. The van der Waals surface area contributed by atoms with Crippen LogP contribution in [0.4, 0.5) is 0 Å². The van der Waals surface area contributed by atoms with Crippen LogP contribution in [0.25, 0.3) is 0 Å². The van der Waals surface area contributed by atoms with E-state index in [-0.39, 0.29) is 0 Å². The summed E-state index contributed by atoms with van der Waals surface area (Å²) in [5, 5.41) is 0. The van der Waals surface area contributed by atoms with Crippen LogP contribution in [0, 0.1) is 6.07 Å². The van der Waals surface area contributed by atoms with Crippen LogP contribution >= 0.6 is 11.8 Å². The summed E-state index contributed by atoms with van der Waals surface area (Å²) in [5.41, 5.74) is 0. The summed E-state index contributed by atoms with van der Waals surface area (Å²) < 4.78 is 0. The molecule has 1 nitrogen and oxygen atoms in total. The molecule has 1 radical (unpaired) electrons. The lowest BCUT2D eigenvalue weighted by molar-refractivity contribution is 1.23. The van der Waals surface area contributed by atoms with Crippen LogP contribution in [-0.2, 0) is 0 Å². The van der Waals surface area contributed by atoms with Crippen molar-refractivity contribution < 1.29 is 0 Å². The van der Waals surface area contributed by atoms with E-state index in [1.165, 1.54) is 0 Å². The summed E-state index contributed by atoms with van der Waals surface area (Å²) in [4.78, 5) is 6.31. The normalized spacial score (nSPS) is 9.85. The van der Waals surface area contributed by atoms with E-state index >= 15 is 0 Å². The monoisotopic (exact) mass is 186 g/mol. The number of benzene rings is 1. The van der Waals surface area contributed by atoms with Gasteiger partial charge in [0.15, 0.2) is 0 Å². The highest BCUT2D eigenvalue weighted by Crippen LogP contribution is 2.25. The quantitative estimate of drug-likeness (QED) is 0.715. The van der Waals surface area contributed by atoms with Gasteiger partial charge in [-0.25, -0.2) is 0 Å². The molecule has 0 N–H and O–H groups in total. The lowest BCUT2D eigenvalue weighted by Crippen LogP contribution is -1.74. The molecule has 0 aliphatic heterocycles. The Morgan fingerprint density at radius 3 is 2.85 bits per heavy atom. The minimum atomic E-state index is 1.12. The molecule has 13 heavy (non-hydrogen) atoms. The molecule has 2 aromatic rings. The van der Waals surface area contributed by atoms with Gasteiger partial charge in [-0.2, -0.15) is 0 Å². The van der Waals surface area contributed by atoms with Crippen LogP contribution in [0.2, 0.25) is 0 Å². The molecule has 1 aromatic heterocycles. The molecule has 0 fully saturated rings. The van der Waals surface area contributed by atoms with E-state index in [0.29, 0.717) is 0 Å². The van der Waals surface area contributed by atoms with Crippen LogP contribution in [0.15, 0.2) is 58.6 Å². The van der Waals surface area contributed by atoms with Gasteiger partial charge in [-0.15, -0.1) is 0 Å². The van der Waals surface area contributed by atoms with Crippen LogP contribution in [-0.4, -0.2) is 4.98 Å². The Labute approximate surface area is 81.8 Å². The maximum atomic E-state index is 4.05. The molecule has 0 aliphatic rings. The van der Waals surface area contributed by atoms with Crippen LogP contribution < -0.4 is 0 Å². The van der Waals surface area contributed by atoms with E-state index in [1.807, 2.05) is 42.6 Å². The van der Waals surface area contributed by atoms with Gasteiger partial charge >= 0.3 is 0 Å². The Morgan fingerprint density at radius 2 is 2.15 bits per heavy atom. The molecule has 0 unspecified atom stereocenters. The van der Waals surface area contributed by atoms with Crippen molar-refractivity contribution in [3.63, 3.8) is 0 Å². The molecule has 0 saturated heterocycles. The Bertz CT molecular complexity index is 321. The fourth-order valence-corrected chi connectivity index (χ4v) is 1.76. The van der Waals surface area contributed by atoms with E-state index in [0.717, 1.165) is 9.79 Å². The second kappa shape index (κ2) is 4.10. The summed E-state index contributed by atoms with van der Waals surface area (Å²) in [7, 11) is 0. The fourth-order valence-electron chi connectivity index (χ4n) is 0.975. The van der Waals surface area contributed by atoms with Crippen LogP contribution in [0.5, 0.6) is 0 Å². The van der Waals surface area contributed by atoms with E-state index in [9.17, 15) is 0 Å². The summed E-state index contributed by atoms with van der Waals surface area (Å²) in [6.45, 7) is 0. The minimum absolute atomic E-state index is 1.12. The van der Waals surface area contributed by atoms with Gasteiger partial charge in [-0.05, 0) is 24.3 Å². The minimum Gasteiger partial charge on any atom is -0.264 e. The first-order valence-electron chi connectivity index (χ1n) is 4.00. The Hall–Kier alpha value is -1.28. The average molecular weight is 186 g/mol. The van der Waals surface area contributed by atoms with Crippen molar-refractivity contribution in [2.45, 2.75) is 9.79 Å². The van der Waals surface area contributed by atoms with E-state index in [1.54, 1.807) is 18.0 Å². The van der Waals surface area contributed by atoms with Crippen LogP contribution in [0.3, 0.4) is 0 Å². The van der Waals surface area contributed by atoms with Gasteiger partial charge in [0.25, 0.3) is 0 Å². The Kier molecular flexibility index (Phi) is 2.62. The molecule has 1 heterocycles. The number of hydrogen-bond donors (Lipinski definition) is 0. The first-order chi connectivity index (χ1) is 6.45. The van der Waals surface area contributed by atoms with Crippen molar-refractivity contribution in [2.24, 2.45) is 0 Å². The lowest BCUT2D eigenvalue weighted by atomic mass is 10.4. The molecule has 2 heteroatoms. The zero-order chi connectivity index (χ0) is 8.93. The standard InChI is InChI=1S/C11H8NS/c1-2-5-10(6-3-1)13-11-7-4-8-12-9-11/h1-5,7-9H. The zero-order valence-electron chi connectivity index (χ0n) is 6.97. The summed E-state index contributed by atoms with van der Waals surface area (Å²) >= 11 is 1.67. The first kappa shape index (κ1) is 8.32. The van der Waals surface area contributed by atoms with Gasteiger partial charge in [0.05, 0.1) is 0 Å². The maximum absolute atomic E-state index is 4.05. The molecule has 0 spiro atoms. The van der Waals surface area contributed by atoms with Crippen molar-refractivity contribution in [2.75, 3.05) is 0 Å². The predicted molar refractivity (Wildman–Crippen MR) is 53.6 cm³/mol. The van der Waals surface area contributed by atoms with Crippen molar-refractivity contribution in [3.8, 4) is 0 Å². The van der Waals surface area contributed by atoms with Crippen molar-refractivity contribution in [3.05, 3.63) is 54.9 Å². The second-order valence-corrected chi connectivity index (χ2v) is 3.63. The summed E-state index contributed by atoms with van der Waals surface area (Å²) in [6, 6.07) is 15.1. The topological polar surface area (TPSA) is 12.9 Å². The number of pyridine rings is 1. The number of nitrogens with zero attached hydrogens (tertiary/aromatic N) is 1. The van der Waals surface area contributed by atoms with Gasteiger partial charge in [0.2, 0.25) is 0 Å². The molecule has 2 rings (SSSR count). The lowest BCUT2D eigenvalue weighted by Gasteiger charge is -1.98. The van der Waals surface area contributed by atoms with Crippen LogP contribution in [0.1, 0.15) is 0 Å². The number of aromatic nitrogens is 1. The third-order valence-corrected chi connectivity index (χ3v) is 2.49. The van der Waals surface area contributed by atoms with Gasteiger partial charge in [0.1, 0.15) is 0 Å². The highest BCUT2D eigenvalue weighted by molar-refractivity contribution is 7.99. The zero-order valence-corrected chi connectivity index (χ0v) is 7.79. The molecule has 63 valence electrons. The molecule has 0 saturated carbocycles. The van der Waals surface area contributed by atoms with E-state index in [2.05, 4.69) is 11.1 Å². The highest BCUT2D eigenvalue weighted by Gasteiger charge is 1.94. The average Bonchev–Trinajstić information content (AvgIpc) is 2.21. The predicted octanol–water partition coefficient (Wildman–Crippen LogP) is 3.03. The number of hydrogen-bond acceptors (Lipinski definition) is 2. The highest BCUT2D eigenvalue weighted by atomic mass is 32.2. The van der Waals surface area contributed by atoms with Gasteiger partial charge in [0, 0.05) is 22.2 Å². The second-order valence-electron chi connectivity index (χ2n) is 2.52. The summed E-state index contributed by atoms with van der Waals surface area (Å²) in [5.74, 6) is 0. The Morgan fingerprint density at radius 1 is 1.15 bits per heavy atom. The van der Waals surface area contributed by atoms with Gasteiger partial charge in [-0.1, -0.05) is 30.0 Å². The fraction of sp³-hybridized carbons (Fsp3) is 0. The van der Waals surface area contributed by atoms with Crippen molar-refractivity contribution in [1.82, 2.24) is 4.98 Å². The smallest absolute Gasteiger partial charge is 0.0407 e. The molecule has 0 aliphatic carbocycles. The maximum Gasteiger partial charge on any atom is 0.0407 e. The molecule has 1 aromatic carbocycles. The van der Waals surface area contributed by atoms with Gasteiger partial charge in [-0.3, -0.25) is 4.98 Å². The van der Waals surface area contributed by atoms with E-state index < -0.39 is 0 Å². The van der Waals surface area contributed by atoms with Gasteiger partial charge < -0.3 is 0 Å². The molecular weight excluding hydrogens is 178 g/mol.